The largest absolute Gasteiger partial charge is 0.441 e. The molecule has 0 radical (unpaired) electrons. The van der Waals surface area contributed by atoms with Gasteiger partial charge in [0.2, 0.25) is 0 Å². The first kappa shape index (κ1) is 15.4. The van der Waals surface area contributed by atoms with Crippen LogP contribution in [0.4, 0.5) is 0 Å². The molecule has 0 bridgehead atoms. The topological polar surface area (TPSA) is 38.1 Å². The first-order chi connectivity index (χ1) is 9.58. The highest BCUT2D eigenvalue weighted by atomic mass is 35.5. The van der Waals surface area contributed by atoms with Gasteiger partial charge in [0.1, 0.15) is 0 Å². The van der Waals surface area contributed by atoms with Gasteiger partial charge in [0.15, 0.2) is 11.7 Å². The van der Waals surface area contributed by atoms with Crippen molar-refractivity contribution in [1.29, 1.82) is 0 Å². The van der Waals surface area contributed by atoms with Crippen LogP contribution in [0, 0.1) is 5.92 Å². The molecule has 2 aromatic rings. The van der Waals surface area contributed by atoms with Gasteiger partial charge in [-0.3, -0.25) is 0 Å². The van der Waals surface area contributed by atoms with Gasteiger partial charge in [0.25, 0.3) is 0 Å². The van der Waals surface area contributed by atoms with Crippen LogP contribution in [0.25, 0.3) is 11.3 Å². The lowest BCUT2D eigenvalue weighted by molar-refractivity contribution is 0.483. The summed E-state index contributed by atoms with van der Waals surface area (Å²) >= 11 is 12.3. The molecule has 1 heterocycles. The van der Waals surface area contributed by atoms with Crippen LogP contribution in [0.2, 0.25) is 10.0 Å². The molecule has 108 valence electrons. The molecule has 20 heavy (non-hydrogen) atoms. The van der Waals surface area contributed by atoms with Crippen LogP contribution in [0.1, 0.15) is 19.7 Å². The minimum Gasteiger partial charge on any atom is -0.441 e. The monoisotopic (exact) mass is 312 g/mol. The fourth-order valence-corrected chi connectivity index (χ4v) is 2.44. The van der Waals surface area contributed by atoms with Crippen LogP contribution in [0.3, 0.4) is 0 Å². The highest BCUT2D eigenvalue weighted by Crippen LogP contribution is 2.34. The van der Waals surface area contributed by atoms with Gasteiger partial charge >= 0.3 is 0 Å². The van der Waals surface area contributed by atoms with Gasteiger partial charge in [-0.15, -0.1) is 0 Å². The van der Waals surface area contributed by atoms with E-state index in [-0.39, 0.29) is 0 Å². The predicted octanol–water partition coefficient (Wildman–Crippen LogP) is 4.44. The molecule has 2 rings (SSSR count). The molecule has 0 spiro atoms. The van der Waals surface area contributed by atoms with Crippen molar-refractivity contribution in [1.82, 2.24) is 10.3 Å². The molecule has 1 aromatic carbocycles. The molecular weight excluding hydrogens is 295 g/mol. The zero-order valence-electron chi connectivity index (χ0n) is 11.6. The van der Waals surface area contributed by atoms with Gasteiger partial charge in [-0.2, -0.15) is 0 Å². The van der Waals surface area contributed by atoms with Crippen molar-refractivity contribution in [2.45, 2.75) is 20.3 Å². The molecule has 1 N–H and O–H groups in total. The summed E-state index contributed by atoms with van der Waals surface area (Å²) in [7, 11) is 0. The zero-order valence-corrected chi connectivity index (χ0v) is 13.1. The van der Waals surface area contributed by atoms with Gasteiger partial charge < -0.3 is 9.73 Å². The Labute approximate surface area is 129 Å². The van der Waals surface area contributed by atoms with E-state index in [9.17, 15) is 0 Å². The molecule has 0 aliphatic heterocycles. The number of hydrogen-bond acceptors (Lipinski definition) is 3. The molecule has 0 atom stereocenters. The van der Waals surface area contributed by atoms with Crippen molar-refractivity contribution >= 4 is 23.2 Å². The average Bonchev–Trinajstić information content (AvgIpc) is 2.83. The summed E-state index contributed by atoms with van der Waals surface area (Å²) < 4.78 is 5.72. The number of halogens is 2. The molecule has 0 amide bonds. The molecular formula is C15H18Cl2N2O. The van der Waals surface area contributed by atoms with E-state index in [0.717, 1.165) is 19.5 Å². The van der Waals surface area contributed by atoms with E-state index in [1.165, 1.54) is 0 Å². The first-order valence-electron chi connectivity index (χ1n) is 6.67. The lowest BCUT2D eigenvalue weighted by Crippen LogP contribution is -2.22. The number of hydrogen-bond donors (Lipinski definition) is 1. The van der Waals surface area contributed by atoms with Crippen LogP contribution in [0.5, 0.6) is 0 Å². The SMILES string of the molecule is CC(C)CNCCc1ncc(-c2c(Cl)cccc2Cl)o1. The highest BCUT2D eigenvalue weighted by Gasteiger charge is 2.13. The first-order valence-corrected chi connectivity index (χ1v) is 7.43. The van der Waals surface area contributed by atoms with Gasteiger partial charge in [-0.1, -0.05) is 43.1 Å². The van der Waals surface area contributed by atoms with Crippen molar-refractivity contribution in [3.8, 4) is 11.3 Å². The summed E-state index contributed by atoms with van der Waals surface area (Å²) in [4.78, 5) is 4.27. The number of nitrogens with one attached hydrogen (secondary N) is 1. The average molecular weight is 313 g/mol. The third kappa shape index (κ3) is 3.98. The van der Waals surface area contributed by atoms with Crippen molar-refractivity contribution in [2.24, 2.45) is 5.92 Å². The van der Waals surface area contributed by atoms with E-state index in [1.54, 1.807) is 24.4 Å². The Morgan fingerprint density at radius 2 is 1.95 bits per heavy atom. The fraction of sp³-hybridized carbons (Fsp3) is 0.400. The van der Waals surface area contributed by atoms with Crippen LogP contribution < -0.4 is 5.32 Å². The molecule has 0 saturated heterocycles. The quantitative estimate of drug-likeness (QED) is 0.801. The minimum atomic E-state index is 0.568. The van der Waals surface area contributed by atoms with Gasteiger partial charge in [-0.05, 0) is 24.6 Å². The second kappa shape index (κ2) is 7.11. The molecule has 5 heteroatoms. The van der Waals surface area contributed by atoms with E-state index in [2.05, 4.69) is 24.1 Å². The maximum Gasteiger partial charge on any atom is 0.196 e. The lowest BCUT2D eigenvalue weighted by Gasteiger charge is -2.05. The maximum absolute atomic E-state index is 6.15. The Balaban J connectivity index is 2.02. The second-order valence-corrected chi connectivity index (χ2v) is 5.88. The Morgan fingerprint density at radius 1 is 1.25 bits per heavy atom. The molecule has 3 nitrogen and oxygen atoms in total. The van der Waals surface area contributed by atoms with Crippen LogP contribution in [0.15, 0.2) is 28.8 Å². The van der Waals surface area contributed by atoms with Gasteiger partial charge in [0, 0.05) is 13.0 Å². The number of aromatic nitrogens is 1. The van der Waals surface area contributed by atoms with Gasteiger partial charge in [0.05, 0.1) is 21.8 Å². The van der Waals surface area contributed by atoms with E-state index < -0.39 is 0 Å². The number of rotatable bonds is 6. The van der Waals surface area contributed by atoms with E-state index >= 15 is 0 Å². The smallest absolute Gasteiger partial charge is 0.196 e. The molecule has 0 saturated carbocycles. The summed E-state index contributed by atoms with van der Waals surface area (Å²) in [5.74, 6) is 1.93. The Morgan fingerprint density at radius 3 is 2.60 bits per heavy atom. The third-order valence-corrected chi connectivity index (χ3v) is 3.46. The molecule has 1 aromatic heterocycles. The van der Waals surface area contributed by atoms with Gasteiger partial charge in [-0.25, -0.2) is 4.98 Å². The fourth-order valence-electron chi connectivity index (χ4n) is 1.86. The summed E-state index contributed by atoms with van der Waals surface area (Å²) in [6.07, 6.45) is 2.42. The summed E-state index contributed by atoms with van der Waals surface area (Å²) in [5, 5.41) is 4.49. The lowest BCUT2D eigenvalue weighted by atomic mass is 10.2. The third-order valence-electron chi connectivity index (χ3n) is 2.83. The van der Waals surface area contributed by atoms with Crippen molar-refractivity contribution < 1.29 is 4.42 Å². The molecule has 0 aliphatic rings. The Bertz CT molecular complexity index is 547. The molecule has 0 fully saturated rings. The number of benzene rings is 1. The number of oxazole rings is 1. The van der Waals surface area contributed by atoms with Crippen molar-refractivity contribution in [3.63, 3.8) is 0 Å². The highest BCUT2D eigenvalue weighted by molar-refractivity contribution is 6.39. The van der Waals surface area contributed by atoms with E-state index in [4.69, 9.17) is 27.6 Å². The maximum atomic E-state index is 6.15. The normalized spacial score (nSPS) is 11.2. The van der Waals surface area contributed by atoms with Crippen molar-refractivity contribution in [2.75, 3.05) is 13.1 Å². The molecule has 0 unspecified atom stereocenters. The Hall–Kier alpha value is -1.03. The van der Waals surface area contributed by atoms with Crippen LogP contribution in [-0.2, 0) is 6.42 Å². The predicted molar refractivity (Wildman–Crippen MR) is 83.4 cm³/mol. The summed E-state index contributed by atoms with van der Waals surface area (Å²) in [6.45, 7) is 6.18. The molecule has 0 aliphatic carbocycles. The standard InChI is InChI=1S/C15H18Cl2N2O/c1-10(2)8-18-7-6-14-19-9-13(20-14)15-11(16)4-3-5-12(15)17/h3-5,9-10,18H,6-8H2,1-2H3. The second-order valence-electron chi connectivity index (χ2n) is 5.06. The minimum absolute atomic E-state index is 0.568. The van der Waals surface area contributed by atoms with Crippen LogP contribution in [-0.4, -0.2) is 18.1 Å². The number of nitrogens with zero attached hydrogens (tertiary/aromatic N) is 1. The Kier molecular flexibility index (Phi) is 5.46. The summed E-state index contributed by atoms with van der Waals surface area (Å²) in [5.41, 5.74) is 0.699. The van der Waals surface area contributed by atoms with E-state index in [0.29, 0.717) is 33.2 Å². The van der Waals surface area contributed by atoms with Crippen molar-refractivity contribution in [3.05, 3.63) is 40.3 Å². The summed E-state index contributed by atoms with van der Waals surface area (Å²) in [6, 6.07) is 5.38. The zero-order chi connectivity index (χ0) is 14.5. The van der Waals surface area contributed by atoms with E-state index in [1.807, 2.05) is 0 Å². The van der Waals surface area contributed by atoms with Crippen LogP contribution >= 0.6 is 23.2 Å².